The molecular formula is C20H17N5O3. The first-order valence-corrected chi connectivity index (χ1v) is 8.53. The Bertz CT molecular complexity index is 1040. The van der Waals surface area contributed by atoms with Gasteiger partial charge in [-0.2, -0.15) is 0 Å². The Morgan fingerprint density at radius 2 is 1.93 bits per heavy atom. The molecule has 0 radical (unpaired) electrons. The summed E-state index contributed by atoms with van der Waals surface area (Å²) in [4.78, 5) is 19.5. The minimum atomic E-state index is -0.955. The Morgan fingerprint density at radius 3 is 2.68 bits per heavy atom. The van der Waals surface area contributed by atoms with Gasteiger partial charge in [0, 0.05) is 12.7 Å². The van der Waals surface area contributed by atoms with Gasteiger partial charge in [0.05, 0.1) is 16.9 Å². The number of nitrogens with two attached hydrogens (primary N) is 1. The summed E-state index contributed by atoms with van der Waals surface area (Å²) in [6.45, 7) is 0.444. The number of ether oxygens (including phenoxy) is 1. The van der Waals surface area contributed by atoms with E-state index >= 15 is 0 Å². The minimum Gasteiger partial charge on any atom is -0.478 e. The summed E-state index contributed by atoms with van der Waals surface area (Å²) in [5, 5.41) is 15.2. The number of rotatable bonds is 5. The van der Waals surface area contributed by atoms with E-state index in [0.29, 0.717) is 35.5 Å². The molecule has 0 spiro atoms. The fourth-order valence-corrected chi connectivity index (χ4v) is 2.70. The lowest BCUT2D eigenvalue weighted by atomic mass is 10.1. The van der Waals surface area contributed by atoms with Crippen molar-refractivity contribution in [3.63, 3.8) is 0 Å². The van der Waals surface area contributed by atoms with Gasteiger partial charge in [0.15, 0.2) is 5.75 Å². The zero-order chi connectivity index (χ0) is 19.5. The van der Waals surface area contributed by atoms with E-state index in [-0.39, 0.29) is 5.56 Å². The Labute approximate surface area is 160 Å². The maximum absolute atomic E-state index is 10.9. The van der Waals surface area contributed by atoms with Gasteiger partial charge in [-0.3, -0.25) is 0 Å². The van der Waals surface area contributed by atoms with Crippen LogP contribution < -0.4 is 21.1 Å². The number of anilines is 2. The number of carboxylic acids is 1. The maximum Gasteiger partial charge on any atom is 0.335 e. The van der Waals surface area contributed by atoms with Crippen LogP contribution in [0.4, 0.5) is 11.6 Å². The summed E-state index contributed by atoms with van der Waals surface area (Å²) in [6.07, 6.45) is 1.60. The lowest BCUT2D eigenvalue weighted by molar-refractivity contribution is 0.0697. The van der Waals surface area contributed by atoms with Crippen LogP contribution in [0, 0.1) is 0 Å². The Balaban J connectivity index is 1.47. The third kappa shape index (κ3) is 3.56. The molecule has 0 atom stereocenters. The normalized spacial score (nSPS) is 13.9. The number of nitrogens with zero attached hydrogens (tertiary/aromatic N) is 2. The Morgan fingerprint density at radius 1 is 1.14 bits per heavy atom. The van der Waals surface area contributed by atoms with Crippen molar-refractivity contribution in [3.8, 4) is 5.75 Å². The molecule has 5 N–H and O–H groups in total. The van der Waals surface area contributed by atoms with E-state index < -0.39 is 5.97 Å². The summed E-state index contributed by atoms with van der Waals surface area (Å²) in [6, 6.07) is 15.8. The molecule has 2 heterocycles. The standard InChI is InChI=1S/C20H17N5O3/c21-17(18-24-14-3-1-2-4-16(14)28-18)15-9-10-22-20(25-15)23-11-12-5-7-13(8-6-12)19(26)27/h1-10,24H,11,21H2,(H,26,27)(H,22,23,25)/b18-17+. The fraction of sp³-hybridized carbons (Fsp3) is 0.0500. The number of hydrogen-bond donors (Lipinski definition) is 4. The van der Waals surface area contributed by atoms with Gasteiger partial charge in [-0.15, -0.1) is 0 Å². The van der Waals surface area contributed by atoms with Crippen molar-refractivity contribution >= 4 is 23.3 Å². The summed E-state index contributed by atoms with van der Waals surface area (Å²) in [5.74, 6) is 0.579. The van der Waals surface area contributed by atoms with Gasteiger partial charge in [0.1, 0.15) is 5.70 Å². The Hall–Kier alpha value is -4.07. The molecule has 1 aliphatic rings. The van der Waals surface area contributed by atoms with E-state index in [9.17, 15) is 4.79 Å². The third-order valence-corrected chi connectivity index (χ3v) is 4.17. The van der Waals surface area contributed by atoms with E-state index in [4.69, 9.17) is 15.6 Å². The second-order valence-corrected chi connectivity index (χ2v) is 6.09. The van der Waals surface area contributed by atoms with Gasteiger partial charge in [-0.05, 0) is 35.9 Å². The van der Waals surface area contributed by atoms with Crippen molar-refractivity contribution in [2.45, 2.75) is 6.54 Å². The van der Waals surface area contributed by atoms with Crippen LogP contribution in [0.1, 0.15) is 21.6 Å². The van der Waals surface area contributed by atoms with Gasteiger partial charge < -0.3 is 26.2 Å². The van der Waals surface area contributed by atoms with Crippen molar-refractivity contribution in [2.24, 2.45) is 5.73 Å². The number of aromatic carboxylic acids is 1. The molecule has 0 fully saturated rings. The molecule has 0 unspecified atom stereocenters. The summed E-state index contributed by atoms with van der Waals surface area (Å²) >= 11 is 0. The maximum atomic E-state index is 10.9. The molecule has 0 aliphatic carbocycles. The van der Waals surface area contributed by atoms with Crippen LogP contribution >= 0.6 is 0 Å². The van der Waals surface area contributed by atoms with E-state index in [1.54, 1.807) is 36.5 Å². The minimum absolute atomic E-state index is 0.242. The van der Waals surface area contributed by atoms with Gasteiger partial charge >= 0.3 is 5.97 Å². The van der Waals surface area contributed by atoms with Crippen molar-refractivity contribution in [1.29, 1.82) is 0 Å². The Kier molecular flexibility index (Phi) is 4.51. The third-order valence-electron chi connectivity index (χ3n) is 4.17. The number of carbonyl (C=O) groups is 1. The zero-order valence-corrected chi connectivity index (χ0v) is 14.7. The number of benzene rings is 2. The number of para-hydroxylation sites is 2. The lowest BCUT2D eigenvalue weighted by Crippen LogP contribution is -2.12. The molecule has 1 aliphatic heterocycles. The molecule has 4 rings (SSSR count). The van der Waals surface area contributed by atoms with Crippen LogP contribution in [-0.4, -0.2) is 21.0 Å². The average Bonchev–Trinajstić information content (AvgIpc) is 3.16. The smallest absolute Gasteiger partial charge is 0.335 e. The second kappa shape index (κ2) is 7.28. The number of carboxylic acid groups (broad SMARTS) is 1. The van der Waals surface area contributed by atoms with Crippen LogP contribution in [0.3, 0.4) is 0 Å². The molecule has 2 aromatic carbocycles. The van der Waals surface area contributed by atoms with Crippen LogP contribution in [-0.2, 0) is 6.54 Å². The van der Waals surface area contributed by atoms with E-state index in [1.165, 1.54) is 0 Å². The summed E-state index contributed by atoms with van der Waals surface area (Å²) < 4.78 is 5.74. The monoisotopic (exact) mass is 375 g/mol. The number of nitrogens with one attached hydrogen (secondary N) is 2. The molecule has 8 heteroatoms. The summed E-state index contributed by atoms with van der Waals surface area (Å²) in [5.41, 5.74) is 9.10. The second-order valence-electron chi connectivity index (χ2n) is 6.09. The first-order chi connectivity index (χ1) is 13.6. The van der Waals surface area contributed by atoms with Gasteiger partial charge in [-0.1, -0.05) is 24.3 Å². The number of aromatic nitrogens is 2. The molecule has 8 nitrogen and oxygen atoms in total. The number of fused-ring (bicyclic) bond motifs is 1. The molecule has 0 bridgehead atoms. The first kappa shape index (κ1) is 17.3. The topological polar surface area (TPSA) is 122 Å². The molecule has 28 heavy (non-hydrogen) atoms. The quantitative estimate of drug-likeness (QED) is 0.537. The van der Waals surface area contributed by atoms with Crippen LogP contribution in [0.15, 0.2) is 66.7 Å². The largest absolute Gasteiger partial charge is 0.478 e. The highest BCUT2D eigenvalue weighted by molar-refractivity contribution is 5.87. The molecular weight excluding hydrogens is 358 g/mol. The highest BCUT2D eigenvalue weighted by atomic mass is 16.5. The van der Waals surface area contributed by atoms with Crippen molar-refractivity contribution in [2.75, 3.05) is 10.6 Å². The van der Waals surface area contributed by atoms with Gasteiger partial charge in [0.2, 0.25) is 11.8 Å². The molecule has 3 aromatic rings. The average molecular weight is 375 g/mol. The highest BCUT2D eigenvalue weighted by Crippen LogP contribution is 2.34. The molecule has 140 valence electrons. The predicted molar refractivity (Wildman–Crippen MR) is 105 cm³/mol. The van der Waals surface area contributed by atoms with Crippen LogP contribution in [0.25, 0.3) is 5.70 Å². The van der Waals surface area contributed by atoms with E-state index in [1.807, 2.05) is 24.3 Å². The number of hydrogen-bond acceptors (Lipinski definition) is 7. The molecule has 1 aromatic heterocycles. The zero-order valence-electron chi connectivity index (χ0n) is 14.7. The van der Waals surface area contributed by atoms with Crippen molar-refractivity contribution < 1.29 is 14.6 Å². The van der Waals surface area contributed by atoms with Crippen molar-refractivity contribution in [1.82, 2.24) is 9.97 Å². The van der Waals surface area contributed by atoms with Crippen molar-refractivity contribution in [3.05, 3.63) is 83.5 Å². The SMILES string of the molecule is N/C(=C1\Nc2ccccc2O1)c1ccnc(NCc2ccc(C(=O)O)cc2)n1. The summed E-state index contributed by atoms with van der Waals surface area (Å²) in [7, 11) is 0. The van der Waals surface area contributed by atoms with Gasteiger partial charge in [0.25, 0.3) is 0 Å². The van der Waals surface area contributed by atoms with E-state index in [2.05, 4.69) is 20.6 Å². The van der Waals surface area contributed by atoms with Crippen LogP contribution in [0.2, 0.25) is 0 Å². The first-order valence-electron chi connectivity index (χ1n) is 8.53. The molecule has 0 saturated carbocycles. The van der Waals surface area contributed by atoms with Gasteiger partial charge in [-0.25, -0.2) is 14.8 Å². The molecule has 0 saturated heterocycles. The highest BCUT2D eigenvalue weighted by Gasteiger charge is 2.20. The fourth-order valence-electron chi connectivity index (χ4n) is 2.70. The van der Waals surface area contributed by atoms with Crippen LogP contribution in [0.5, 0.6) is 5.75 Å². The van der Waals surface area contributed by atoms with E-state index in [0.717, 1.165) is 11.3 Å². The molecule has 0 amide bonds. The predicted octanol–water partition coefficient (Wildman–Crippen LogP) is 2.88. The lowest BCUT2D eigenvalue weighted by Gasteiger charge is -2.09.